The smallest absolute Gasteiger partial charge is 0.231 e. The molecule has 1 saturated heterocycles. The summed E-state index contributed by atoms with van der Waals surface area (Å²) in [5.74, 6) is 1.33. The van der Waals surface area contributed by atoms with Crippen molar-refractivity contribution in [2.45, 2.75) is 25.7 Å². The van der Waals surface area contributed by atoms with Gasteiger partial charge in [0.1, 0.15) is 0 Å². The van der Waals surface area contributed by atoms with E-state index in [0.717, 1.165) is 24.9 Å². The Morgan fingerprint density at radius 2 is 2.33 bits per heavy atom. The summed E-state index contributed by atoms with van der Waals surface area (Å²) in [6.45, 7) is 3.04. The standard InChI is InChI=1S/C15H16ClN3O2/c1-10(20)19-7-3-5-12(9-19)15-17-14(18-21-15)11-4-2-6-13(16)8-11/h2,4,6,8,12H,3,5,7,9H2,1H3/t12-/m1/s1. The van der Waals surface area contributed by atoms with Crippen LogP contribution in [0.5, 0.6) is 0 Å². The summed E-state index contributed by atoms with van der Waals surface area (Å²) in [5.41, 5.74) is 0.830. The van der Waals surface area contributed by atoms with E-state index in [0.29, 0.717) is 23.3 Å². The zero-order valence-corrected chi connectivity index (χ0v) is 12.5. The molecule has 1 aromatic heterocycles. The molecule has 110 valence electrons. The highest BCUT2D eigenvalue weighted by Crippen LogP contribution is 2.28. The van der Waals surface area contributed by atoms with E-state index in [1.165, 1.54) is 0 Å². The van der Waals surface area contributed by atoms with Crippen LogP contribution in [0.4, 0.5) is 0 Å². The summed E-state index contributed by atoms with van der Waals surface area (Å²) in [4.78, 5) is 17.8. The number of nitrogens with zero attached hydrogens (tertiary/aromatic N) is 3. The second kappa shape index (κ2) is 5.85. The molecule has 0 saturated carbocycles. The van der Waals surface area contributed by atoms with Gasteiger partial charge >= 0.3 is 0 Å². The van der Waals surface area contributed by atoms with Gasteiger partial charge in [0, 0.05) is 30.6 Å². The Hall–Kier alpha value is -1.88. The summed E-state index contributed by atoms with van der Waals surface area (Å²) in [6.07, 6.45) is 1.92. The van der Waals surface area contributed by atoms with Gasteiger partial charge in [0.15, 0.2) is 0 Å². The van der Waals surface area contributed by atoms with Crippen LogP contribution in [-0.2, 0) is 4.79 Å². The molecule has 0 unspecified atom stereocenters. The Morgan fingerprint density at radius 1 is 1.48 bits per heavy atom. The third-order valence-electron chi connectivity index (χ3n) is 3.74. The molecule has 1 aliphatic heterocycles. The molecule has 1 aliphatic rings. The molecule has 21 heavy (non-hydrogen) atoms. The van der Waals surface area contributed by atoms with Crippen LogP contribution in [0.2, 0.25) is 5.02 Å². The van der Waals surface area contributed by atoms with Gasteiger partial charge in [-0.15, -0.1) is 0 Å². The summed E-state index contributed by atoms with van der Waals surface area (Å²) >= 11 is 5.97. The molecule has 0 N–H and O–H groups in total. The highest BCUT2D eigenvalue weighted by atomic mass is 35.5. The number of hydrogen-bond donors (Lipinski definition) is 0. The molecule has 0 spiro atoms. The summed E-state index contributed by atoms with van der Waals surface area (Å²) in [6, 6.07) is 7.35. The molecular formula is C15H16ClN3O2. The molecule has 0 aliphatic carbocycles. The van der Waals surface area contributed by atoms with Gasteiger partial charge in [-0.05, 0) is 25.0 Å². The molecule has 3 rings (SSSR count). The lowest BCUT2D eigenvalue weighted by Gasteiger charge is -2.29. The van der Waals surface area contributed by atoms with Crippen molar-refractivity contribution in [3.8, 4) is 11.4 Å². The lowest BCUT2D eigenvalue weighted by atomic mass is 9.98. The van der Waals surface area contributed by atoms with Crippen molar-refractivity contribution >= 4 is 17.5 Å². The fourth-order valence-electron chi connectivity index (χ4n) is 2.61. The van der Waals surface area contributed by atoms with E-state index < -0.39 is 0 Å². The van der Waals surface area contributed by atoms with Crippen LogP contribution in [0.3, 0.4) is 0 Å². The predicted octanol–water partition coefficient (Wildman–Crippen LogP) is 3.12. The van der Waals surface area contributed by atoms with Gasteiger partial charge in [0.25, 0.3) is 0 Å². The highest BCUT2D eigenvalue weighted by molar-refractivity contribution is 6.30. The Bertz CT molecular complexity index is 656. The van der Waals surface area contributed by atoms with Crippen molar-refractivity contribution in [3.05, 3.63) is 35.2 Å². The second-order valence-electron chi connectivity index (χ2n) is 5.27. The maximum absolute atomic E-state index is 11.5. The van der Waals surface area contributed by atoms with Crippen LogP contribution in [0.1, 0.15) is 31.6 Å². The number of amides is 1. The Balaban J connectivity index is 1.80. The maximum Gasteiger partial charge on any atom is 0.231 e. The van der Waals surface area contributed by atoms with E-state index >= 15 is 0 Å². The minimum Gasteiger partial charge on any atom is -0.342 e. The fraction of sp³-hybridized carbons (Fsp3) is 0.400. The highest BCUT2D eigenvalue weighted by Gasteiger charge is 2.27. The SMILES string of the molecule is CC(=O)N1CCC[C@@H](c2nc(-c3cccc(Cl)c3)no2)C1. The Kier molecular flexibility index (Phi) is 3.92. The number of aromatic nitrogens is 2. The van der Waals surface area contributed by atoms with Gasteiger partial charge in [-0.1, -0.05) is 28.9 Å². The molecule has 1 amide bonds. The molecule has 5 nitrogen and oxygen atoms in total. The van der Waals surface area contributed by atoms with E-state index in [-0.39, 0.29) is 11.8 Å². The number of carbonyl (C=O) groups excluding carboxylic acids is 1. The molecule has 0 bridgehead atoms. The van der Waals surface area contributed by atoms with E-state index in [2.05, 4.69) is 10.1 Å². The van der Waals surface area contributed by atoms with Crippen molar-refractivity contribution in [2.24, 2.45) is 0 Å². The topological polar surface area (TPSA) is 59.2 Å². The largest absolute Gasteiger partial charge is 0.342 e. The molecule has 1 aromatic carbocycles. The Labute approximate surface area is 127 Å². The zero-order valence-electron chi connectivity index (χ0n) is 11.8. The minimum atomic E-state index is 0.0919. The summed E-state index contributed by atoms with van der Waals surface area (Å²) in [7, 11) is 0. The van der Waals surface area contributed by atoms with Crippen LogP contribution >= 0.6 is 11.6 Å². The van der Waals surface area contributed by atoms with Gasteiger partial charge in [0.05, 0.1) is 5.92 Å². The molecular weight excluding hydrogens is 290 g/mol. The van der Waals surface area contributed by atoms with E-state index in [1.807, 2.05) is 17.0 Å². The van der Waals surface area contributed by atoms with E-state index in [1.54, 1.807) is 19.1 Å². The third-order valence-corrected chi connectivity index (χ3v) is 3.98. The lowest BCUT2D eigenvalue weighted by Crippen LogP contribution is -2.37. The van der Waals surface area contributed by atoms with Crippen molar-refractivity contribution in [1.29, 1.82) is 0 Å². The summed E-state index contributed by atoms with van der Waals surface area (Å²) < 4.78 is 5.38. The van der Waals surface area contributed by atoms with Crippen LogP contribution in [0.15, 0.2) is 28.8 Å². The number of piperidine rings is 1. The van der Waals surface area contributed by atoms with Crippen molar-refractivity contribution in [1.82, 2.24) is 15.0 Å². The second-order valence-corrected chi connectivity index (χ2v) is 5.71. The van der Waals surface area contributed by atoms with Crippen LogP contribution in [0, 0.1) is 0 Å². The van der Waals surface area contributed by atoms with E-state index in [9.17, 15) is 4.79 Å². The van der Waals surface area contributed by atoms with Gasteiger partial charge < -0.3 is 9.42 Å². The number of hydrogen-bond acceptors (Lipinski definition) is 4. The number of benzene rings is 1. The van der Waals surface area contributed by atoms with Crippen molar-refractivity contribution in [3.63, 3.8) is 0 Å². The molecule has 1 fully saturated rings. The summed E-state index contributed by atoms with van der Waals surface area (Å²) in [5, 5.41) is 4.66. The zero-order chi connectivity index (χ0) is 14.8. The number of rotatable bonds is 2. The molecule has 0 radical (unpaired) electrons. The first-order valence-corrected chi connectivity index (χ1v) is 7.36. The minimum absolute atomic E-state index is 0.0919. The number of carbonyl (C=O) groups is 1. The molecule has 1 atom stereocenters. The van der Waals surface area contributed by atoms with Crippen molar-refractivity contribution in [2.75, 3.05) is 13.1 Å². The van der Waals surface area contributed by atoms with E-state index in [4.69, 9.17) is 16.1 Å². The monoisotopic (exact) mass is 305 g/mol. The molecule has 2 aromatic rings. The molecule has 6 heteroatoms. The normalized spacial score (nSPS) is 18.8. The van der Waals surface area contributed by atoms with Crippen LogP contribution in [-0.4, -0.2) is 34.0 Å². The van der Waals surface area contributed by atoms with Gasteiger partial charge in [-0.2, -0.15) is 4.98 Å². The fourth-order valence-corrected chi connectivity index (χ4v) is 2.80. The first-order chi connectivity index (χ1) is 10.1. The number of halogens is 1. The Morgan fingerprint density at radius 3 is 3.10 bits per heavy atom. The van der Waals surface area contributed by atoms with Crippen molar-refractivity contribution < 1.29 is 9.32 Å². The average molecular weight is 306 g/mol. The van der Waals surface area contributed by atoms with Gasteiger partial charge in [-0.3, -0.25) is 4.79 Å². The predicted molar refractivity (Wildman–Crippen MR) is 79.0 cm³/mol. The first kappa shape index (κ1) is 14.1. The maximum atomic E-state index is 11.5. The van der Waals surface area contributed by atoms with Crippen LogP contribution in [0.25, 0.3) is 11.4 Å². The first-order valence-electron chi connectivity index (χ1n) is 6.98. The van der Waals surface area contributed by atoms with Gasteiger partial charge in [-0.25, -0.2) is 0 Å². The third kappa shape index (κ3) is 3.08. The average Bonchev–Trinajstić information content (AvgIpc) is 2.97. The lowest BCUT2D eigenvalue weighted by molar-refractivity contribution is -0.130. The quantitative estimate of drug-likeness (QED) is 0.855. The molecule has 2 heterocycles. The van der Waals surface area contributed by atoms with Gasteiger partial charge in [0.2, 0.25) is 17.6 Å². The number of likely N-dealkylation sites (tertiary alicyclic amines) is 1. The van der Waals surface area contributed by atoms with Crippen LogP contribution < -0.4 is 0 Å².